The molecule has 0 spiro atoms. The summed E-state index contributed by atoms with van der Waals surface area (Å²) in [6.45, 7) is 6.77. The molecule has 0 aromatic carbocycles. The highest BCUT2D eigenvalue weighted by atomic mass is 32.2. The monoisotopic (exact) mass is 318 g/mol. The van der Waals surface area contributed by atoms with Gasteiger partial charge in [0.05, 0.1) is 6.10 Å². The molecule has 21 heavy (non-hydrogen) atoms. The molecular formula is C14H26N2O4S. The van der Waals surface area contributed by atoms with E-state index in [-0.39, 0.29) is 17.6 Å². The number of ether oxygens (including phenoxy) is 1. The molecule has 0 aromatic rings. The van der Waals surface area contributed by atoms with Crippen LogP contribution in [0.1, 0.15) is 52.9 Å². The highest BCUT2D eigenvalue weighted by Crippen LogP contribution is 2.50. The molecule has 0 aromatic heterocycles. The van der Waals surface area contributed by atoms with Gasteiger partial charge in [-0.1, -0.05) is 13.8 Å². The highest BCUT2D eigenvalue weighted by Gasteiger charge is 2.62. The fourth-order valence-corrected chi connectivity index (χ4v) is 4.62. The zero-order valence-corrected chi connectivity index (χ0v) is 13.8. The van der Waals surface area contributed by atoms with Gasteiger partial charge in [0.25, 0.3) is 0 Å². The molecular weight excluding hydrogens is 292 g/mol. The van der Waals surface area contributed by atoms with Crippen LogP contribution in [0.3, 0.4) is 0 Å². The summed E-state index contributed by atoms with van der Waals surface area (Å²) in [5.74, 6) is -0.434. The predicted octanol–water partition coefficient (Wildman–Crippen LogP) is 0.907. The molecule has 2 rings (SSSR count). The molecule has 2 saturated carbocycles. The van der Waals surface area contributed by atoms with Gasteiger partial charge in [-0.05, 0) is 39.0 Å². The molecule has 6 nitrogen and oxygen atoms in total. The lowest BCUT2D eigenvalue weighted by Crippen LogP contribution is -2.66. The van der Waals surface area contributed by atoms with E-state index in [1.165, 1.54) is 0 Å². The van der Waals surface area contributed by atoms with Gasteiger partial charge >= 0.3 is 0 Å². The second kappa shape index (κ2) is 5.52. The van der Waals surface area contributed by atoms with Crippen molar-refractivity contribution >= 4 is 15.9 Å². The number of nitrogens with one attached hydrogen (secondary N) is 1. The summed E-state index contributed by atoms with van der Waals surface area (Å²) < 4.78 is 27.6. The molecule has 1 amide bonds. The quantitative estimate of drug-likeness (QED) is 0.729. The van der Waals surface area contributed by atoms with Crippen molar-refractivity contribution in [3.8, 4) is 0 Å². The Labute approximate surface area is 126 Å². The molecule has 0 bridgehead atoms. The second-order valence-corrected chi connectivity index (χ2v) is 8.06. The van der Waals surface area contributed by atoms with Crippen LogP contribution in [-0.4, -0.2) is 37.8 Å². The van der Waals surface area contributed by atoms with E-state index in [1.54, 1.807) is 0 Å². The summed E-state index contributed by atoms with van der Waals surface area (Å²) in [6.07, 6.45) is 3.30. The van der Waals surface area contributed by atoms with Gasteiger partial charge in [0.15, 0.2) is 4.75 Å². The highest BCUT2D eigenvalue weighted by molar-refractivity contribution is 7.91. The number of amides is 1. The fourth-order valence-electron chi connectivity index (χ4n) is 3.63. The largest absolute Gasteiger partial charge is 0.378 e. The molecule has 3 N–H and O–H groups in total. The van der Waals surface area contributed by atoms with E-state index < -0.39 is 20.7 Å². The van der Waals surface area contributed by atoms with Crippen LogP contribution in [0.15, 0.2) is 0 Å². The van der Waals surface area contributed by atoms with E-state index in [0.717, 1.165) is 19.3 Å². The van der Waals surface area contributed by atoms with Gasteiger partial charge in [0, 0.05) is 18.1 Å². The van der Waals surface area contributed by atoms with Crippen LogP contribution in [0, 0.1) is 5.41 Å². The van der Waals surface area contributed by atoms with Crippen molar-refractivity contribution in [1.82, 2.24) is 5.32 Å². The van der Waals surface area contributed by atoms with Crippen molar-refractivity contribution in [2.45, 2.75) is 69.8 Å². The molecule has 2 fully saturated rings. The summed E-state index contributed by atoms with van der Waals surface area (Å²) in [6, 6.07) is -0.0317. The van der Waals surface area contributed by atoms with Crippen LogP contribution >= 0.6 is 0 Å². The number of hydrogen-bond donors (Lipinski definition) is 2. The number of hydrogen-bond acceptors (Lipinski definition) is 4. The first-order chi connectivity index (χ1) is 9.77. The Morgan fingerprint density at radius 2 is 1.86 bits per heavy atom. The number of nitrogens with two attached hydrogens (primary N) is 1. The van der Waals surface area contributed by atoms with Crippen molar-refractivity contribution in [2.75, 3.05) is 6.61 Å². The summed E-state index contributed by atoms with van der Waals surface area (Å²) in [5.41, 5.74) is -0.0971. The van der Waals surface area contributed by atoms with Crippen LogP contribution in [0.4, 0.5) is 0 Å². The topological polar surface area (TPSA) is 98.5 Å². The van der Waals surface area contributed by atoms with Crippen molar-refractivity contribution in [1.29, 1.82) is 0 Å². The smallest absolute Gasteiger partial charge is 0.243 e. The van der Waals surface area contributed by atoms with Crippen LogP contribution in [0.25, 0.3) is 0 Å². The molecule has 2 aliphatic rings. The summed E-state index contributed by atoms with van der Waals surface area (Å²) in [4.78, 5) is 12.4. The molecule has 0 heterocycles. The molecule has 2 atom stereocenters. The average molecular weight is 318 g/mol. The summed E-state index contributed by atoms with van der Waals surface area (Å²) in [7, 11) is -3.84. The number of carbonyl (C=O) groups is 1. The van der Waals surface area contributed by atoms with Crippen molar-refractivity contribution < 1.29 is 17.9 Å². The Kier molecular flexibility index (Phi) is 4.39. The van der Waals surface area contributed by atoms with Crippen molar-refractivity contribution in [3.63, 3.8) is 0 Å². The van der Waals surface area contributed by atoms with Crippen molar-refractivity contribution in [2.24, 2.45) is 10.6 Å². The third kappa shape index (κ3) is 2.49. The van der Waals surface area contributed by atoms with Gasteiger partial charge < -0.3 is 10.1 Å². The van der Waals surface area contributed by atoms with Crippen LogP contribution in [-0.2, 0) is 19.6 Å². The van der Waals surface area contributed by atoms with Gasteiger partial charge in [-0.25, -0.2) is 13.6 Å². The van der Waals surface area contributed by atoms with Gasteiger partial charge in [-0.3, -0.25) is 4.79 Å². The number of primary sulfonamides is 1. The normalized spacial score (nSPS) is 29.5. The lowest BCUT2D eigenvalue weighted by Gasteiger charge is -2.55. The van der Waals surface area contributed by atoms with E-state index in [4.69, 9.17) is 9.88 Å². The van der Waals surface area contributed by atoms with E-state index in [1.807, 2.05) is 6.92 Å². The van der Waals surface area contributed by atoms with Crippen LogP contribution in [0.2, 0.25) is 0 Å². The Balaban J connectivity index is 2.09. The van der Waals surface area contributed by atoms with Crippen LogP contribution < -0.4 is 10.5 Å². The number of carbonyl (C=O) groups excluding carboxylic acids is 1. The van der Waals surface area contributed by atoms with Gasteiger partial charge in [0.2, 0.25) is 15.9 Å². The Hall–Kier alpha value is -0.660. The maximum absolute atomic E-state index is 12.4. The summed E-state index contributed by atoms with van der Waals surface area (Å²) >= 11 is 0. The summed E-state index contributed by atoms with van der Waals surface area (Å²) in [5, 5.41) is 8.13. The van der Waals surface area contributed by atoms with Gasteiger partial charge in [0.1, 0.15) is 0 Å². The minimum atomic E-state index is -3.84. The maximum atomic E-state index is 12.4. The fraction of sp³-hybridized carbons (Fsp3) is 0.929. The maximum Gasteiger partial charge on any atom is 0.243 e. The molecule has 0 radical (unpaired) electrons. The molecule has 0 unspecified atom stereocenters. The predicted molar refractivity (Wildman–Crippen MR) is 80.0 cm³/mol. The van der Waals surface area contributed by atoms with E-state index in [2.05, 4.69) is 19.2 Å². The third-order valence-electron chi connectivity index (χ3n) is 5.44. The minimum absolute atomic E-state index is 0.0317. The first-order valence-electron chi connectivity index (χ1n) is 7.72. The Morgan fingerprint density at radius 3 is 2.24 bits per heavy atom. The molecule has 0 saturated heterocycles. The standard InChI is InChI=1S/C14H26N2O4S/c1-4-13(5-2)10(9-11(13)20-6-3)16-12(17)14(7-8-14)21(15,18)19/h10-11H,4-9H2,1-3H3,(H,16,17)(H2,15,18,19)/t10-,11-/m1/s1. The van der Waals surface area contributed by atoms with Gasteiger partial charge in [-0.15, -0.1) is 0 Å². The van der Waals surface area contributed by atoms with E-state index in [9.17, 15) is 13.2 Å². The first-order valence-corrected chi connectivity index (χ1v) is 9.27. The molecule has 7 heteroatoms. The van der Waals surface area contributed by atoms with E-state index >= 15 is 0 Å². The molecule has 2 aliphatic carbocycles. The average Bonchev–Trinajstić information content (AvgIpc) is 3.19. The lowest BCUT2D eigenvalue weighted by atomic mass is 9.58. The van der Waals surface area contributed by atoms with E-state index in [0.29, 0.717) is 19.4 Å². The SMILES string of the molecule is CCO[C@@H]1C[C@@H](NC(=O)C2(S(N)(=O)=O)CC2)C1(CC)CC. The van der Waals surface area contributed by atoms with Gasteiger partial charge in [-0.2, -0.15) is 0 Å². The second-order valence-electron chi connectivity index (χ2n) is 6.19. The number of rotatable bonds is 7. The zero-order valence-electron chi connectivity index (χ0n) is 13.0. The Bertz CT molecular complexity index is 509. The van der Waals surface area contributed by atoms with Crippen LogP contribution in [0.5, 0.6) is 0 Å². The first kappa shape index (κ1) is 16.7. The lowest BCUT2D eigenvalue weighted by molar-refractivity contribution is -0.148. The molecule has 122 valence electrons. The molecule has 0 aliphatic heterocycles. The van der Waals surface area contributed by atoms with Crippen molar-refractivity contribution in [3.05, 3.63) is 0 Å². The Morgan fingerprint density at radius 1 is 1.29 bits per heavy atom. The zero-order chi connectivity index (χ0) is 15.9. The third-order valence-corrected chi connectivity index (χ3v) is 7.12. The number of sulfonamides is 1. The minimum Gasteiger partial charge on any atom is -0.378 e.